The second kappa shape index (κ2) is 5.88. The Morgan fingerprint density at radius 2 is 1.74 bits per heavy atom. The van der Waals surface area contributed by atoms with Crippen LogP contribution in [0.25, 0.3) is 11.3 Å². The van der Waals surface area contributed by atoms with Crippen molar-refractivity contribution in [2.24, 2.45) is 7.05 Å². The van der Waals surface area contributed by atoms with E-state index in [-0.39, 0.29) is 5.41 Å². The van der Waals surface area contributed by atoms with Crippen LogP contribution in [0.5, 0.6) is 0 Å². The summed E-state index contributed by atoms with van der Waals surface area (Å²) in [6, 6.07) is 14.5. The highest BCUT2D eigenvalue weighted by molar-refractivity contribution is 5.63. The Kier molecular flexibility index (Phi) is 3.90. The highest BCUT2D eigenvalue weighted by Crippen LogP contribution is 2.25. The third-order valence-corrected chi connectivity index (χ3v) is 3.77. The number of rotatable bonds is 3. The minimum absolute atomic E-state index is 0.164. The molecule has 3 aromatic rings. The molecule has 0 saturated carbocycles. The van der Waals surface area contributed by atoms with Crippen molar-refractivity contribution in [3.63, 3.8) is 0 Å². The first-order chi connectivity index (χ1) is 10.9. The molecule has 1 N–H and O–H groups in total. The van der Waals surface area contributed by atoms with Crippen LogP contribution in [0.1, 0.15) is 26.3 Å². The first-order valence-electron chi connectivity index (χ1n) is 7.75. The lowest BCUT2D eigenvalue weighted by Gasteiger charge is -2.19. The van der Waals surface area contributed by atoms with Crippen molar-refractivity contribution in [3.8, 4) is 11.3 Å². The number of nitrogens with zero attached hydrogens (tertiary/aromatic N) is 3. The van der Waals surface area contributed by atoms with Crippen LogP contribution in [-0.4, -0.2) is 14.8 Å². The average molecular weight is 306 g/mol. The van der Waals surface area contributed by atoms with Gasteiger partial charge in [-0.05, 0) is 35.2 Å². The smallest absolute Gasteiger partial charge is 0.131 e. The maximum absolute atomic E-state index is 4.66. The topological polar surface area (TPSA) is 42.7 Å². The molecule has 1 aromatic carbocycles. The van der Waals surface area contributed by atoms with E-state index in [1.165, 1.54) is 5.56 Å². The summed E-state index contributed by atoms with van der Waals surface area (Å²) in [5, 5.41) is 7.56. The van der Waals surface area contributed by atoms with Gasteiger partial charge in [0, 0.05) is 24.5 Å². The predicted molar refractivity (Wildman–Crippen MR) is 94.9 cm³/mol. The molecule has 0 radical (unpaired) electrons. The SMILES string of the molecule is Cn1cc(-c2cccc(Nc3ccc(C(C)(C)C)cc3)n2)cn1. The van der Waals surface area contributed by atoms with E-state index in [2.05, 4.69) is 60.4 Å². The second-order valence-corrected chi connectivity index (χ2v) is 6.76. The number of aromatic nitrogens is 3. The molecule has 0 bridgehead atoms. The van der Waals surface area contributed by atoms with Gasteiger partial charge < -0.3 is 5.32 Å². The van der Waals surface area contributed by atoms with E-state index in [1.54, 1.807) is 4.68 Å². The van der Waals surface area contributed by atoms with Crippen LogP contribution in [0.3, 0.4) is 0 Å². The van der Waals surface area contributed by atoms with Crippen LogP contribution in [0, 0.1) is 0 Å². The lowest BCUT2D eigenvalue weighted by Crippen LogP contribution is -2.10. The van der Waals surface area contributed by atoms with Crippen molar-refractivity contribution in [3.05, 3.63) is 60.4 Å². The van der Waals surface area contributed by atoms with E-state index in [4.69, 9.17) is 0 Å². The molecule has 23 heavy (non-hydrogen) atoms. The fourth-order valence-electron chi connectivity index (χ4n) is 2.42. The van der Waals surface area contributed by atoms with E-state index >= 15 is 0 Å². The molecule has 0 amide bonds. The Hall–Kier alpha value is -2.62. The normalized spacial score (nSPS) is 11.5. The van der Waals surface area contributed by atoms with Gasteiger partial charge in [-0.1, -0.05) is 39.0 Å². The van der Waals surface area contributed by atoms with Gasteiger partial charge in [-0.25, -0.2) is 4.98 Å². The number of hydrogen-bond donors (Lipinski definition) is 1. The van der Waals surface area contributed by atoms with Gasteiger partial charge in [-0.2, -0.15) is 5.10 Å². The summed E-state index contributed by atoms with van der Waals surface area (Å²) in [6.45, 7) is 6.65. The number of anilines is 2. The minimum Gasteiger partial charge on any atom is -0.340 e. The van der Waals surface area contributed by atoms with Crippen molar-refractivity contribution in [2.75, 3.05) is 5.32 Å². The van der Waals surface area contributed by atoms with Crippen LogP contribution >= 0.6 is 0 Å². The third kappa shape index (κ3) is 3.59. The molecule has 2 aromatic heterocycles. The standard InChI is InChI=1S/C19H22N4/c1-19(2,3)15-8-10-16(11-9-15)21-18-7-5-6-17(22-18)14-12-20-23(4)13-14/h5-13H,1-4H3,(H,21,22). The lowest BCUT2D eigenvalue weighted by atomic mass is 9.87. The fraction of sp³-hybridized carbons (Fsp3) is 0.263. The molecule has 3 rings (SSSR count). The number of pyridine rings is 1. The number of aryl methyl sites for hydroxylation is 1. The molecular weight excluding hydrogens is 284 g/mol. The number of hydrogen-bond acceptors (Lipinski definition) is 3. The molecule has 2 heterocycles. The molecule has 118 valence electrons. The predicted octanol–water partition coefficient (Wildman–Crippen LogP) is 4.52. The largest absolute Gasteiger partial charge is 0.340 e. The van der Waals surface area contributed by atoms with Gasteiger partial charge in [0.2, 0.25) is 0 Å². The van der Waals surface area contributed by atoms with Crippen LogP contribution in [0.15, 0.2) is 54.9 Å². The number of nitrogens with one attached hydrogen (secondary N) is 1. The lowest BCUT2D eigenvalue weighted by molar-refractivity contribution is 0.590. The minimum atomic E-state index is 0.164. The summed E-state index contributed by atoms with van der Waals surface area (Å²) in [7, 11) is 1.91. The van der Waals surface area contributed by atoms with Gasteiger partial charge in [-0.15, -0.1) is 0 Å². The summed E-state index contributed by atoms with van der Waals surface area (Å²) in [4.78, 5) is 4.66. The van der Waals surface area contributed by atoms with Crippen LogP contribution in [-0.2, 0) is 12.5 Å². The van der Waals surface area contributed by atoms with Crippen molar-refractivity contribution in [1.82, 2.24) is 14.8 Å². The van der Waals surface area contributed by atoms with Crippen LogP contribution in [0.4, 0.5) is 11.5 Å². The van der Waals surface area contributed by atoms with Gasteiger partial charge in [0.1, 0.15) is 5.82 Å². The Bertz CT molecular complexity index is 795. The maximum atomic E-state index is 4.66. The van der Waals surface area contributed by atoms with Crippen molar-refractivity contribution < 1.29 is 0 Å². The zero-order valence-corrected chi connectivity index (χ0v) is 14.0. The van der Waals surface area contributed by atoms with E-state index in [9.17, 15) is 0 Å². The third-order valence-electron chi connectivity index (χ3n) is 3.77. The monoisotopic (exact) mass is 306 g/mol. The Morgan fingerprint density at radius 1 is 1.00 bits per heavy atom. The highest BCUT2D eigenvalue weighted by Gasteiger charge is 2.12. The summed E-state index contributed by atoms with van der Waals surface area (Å²) in [6.07, 6.45) is 3.79. The Balaban J connectivity index is 1.80. The molecule has 0 spiro atoms. The summed E-state index contributed by atoms with van der Waals surface area (Å²) >= 11 is 0. The summed E-state index contributed by atoms with van der Waals surface area (Å²) in [5.74, 6) is 0.829. The summed E-state index contributed by atoms with van der Waals surface area (Å²) in [5.41, 5.74) is 4.44. The van der Waals surface area contributed by atoms with Gasteiger partial charge in [-0.3, -0.25) is 4.68 Å². The molecule has 0 aliphatic carbocycles. The van der Waals surface area contributed by atoms with E-state index in [0.29, 0.717) is 0 Å². The molecule has 0 unspecified atom stereocenters. The van der Waals surface area contributed by atoms with E-state index in [1.807, 2.05) is 37.6 Å². The number of benzene rings is 1. The highest BCUT2D eigenvalue weighted by atomic mass is 15.2. The molecule has 0 atom stereocenters. The van der Waals surface area contributed by atoms with E-state index in [0.717, 1.165) is 22.8 Å². The van der Waals surface area contributed by atoms with Gasteiger partial charge in [0.15, 0.2) is 0 Å². The Morgan fingerprint density at radius 3 is 2.35 bits per heavy atom. The molecule has 4 nitrogen and oxygen atoms in total. The quantitative estimate of drug-likeness (QED) is 0.773. The fourth-order valence-corrected chi connectivity index (χ4v) is 2.42. The van der Waals surface area contributed by atoms with Crippen LogP contribution < -0.4 is 5.32 Å². The van der Waals surface area contributed by atoms with Gasteiger partial charge in [0.05, 0.1) is 11.9 Å². The molecule has 0 aliphatic rings. The molecule has 4 heteroatoms. The van der Waals surface area contributed by atoms with Crippen molar-refractivity contribution in [2.45, 2.75) is 26.2 Å². The second-order valence-electron chi connectivity index (χ2n) is 6.76. The zero-order valence-electron chi connectivity index (χ0n) is 14.0. The summed E-state index contributed by atoms with van der Waals surface area (Å²) < 4.78 is 1.78. The van der Waals surface area contributed by atoms with Crippen molar-refractivity contribution in [1.29, 1.82) is 0 Å². The first-order valence-corrected chi connectivity index (χ1v) is 7.75. The zero-order chi connectivity index (χ0) is 16.4. The van der Waals surface area contributed by atoms with Gasteiger partial charge >= 0.3 is 0 Å². The van der Waals surface area contributed by atoms with E-state index < -0.39 is 0 Å². The molecule has 0 saturated heterocycles. The first kappa shape index (κ1) is 15.3. The average Bonchev–Trinajstić information content (AvgIpc) is 2.94. The Labute approximate surface area is 137 Å². The molecular formula is C19H22N4. The van der Waals surface area contributed by atoms with Crippen molar-refractivity contribution >= 4 is 11.5 Å². The molecule has 0 aliphatic heterocycles. The van der Waals surface area contributed by atoms with Crippen LogP contribution in [0.2, 0.25) is 0 Å². The van der Waals surface area contributed by atoms with Gasteiger partial charge in [0.25, 0.3) is 0 Å². The molecule has 0 fully saturated rings. The maximum Gasteiger partial charge on any atom is 0.131 e.